The van der Waals surface area contributed by atoms with Gasteiger partial charge in [0.1, 0.15) is 5.75 Å². The van der Waals surface area contributed by atoms with Crippen molar-refractivity contribution in [1.82, 2.24) is 4.90 Å². The van der Waals surface area contributed by atoms with Crippen molar-refractivity contribution >= 4 is 23.0 Å². The molecule has 2 N–H and O–H groups in total. The molecule has 0 bridgehead atoms. The van der Waals surface area contributed by atoms with Crippen LogP contribution in [0.2, 0.25) is 0 Å². The van der Waals surface area contributed by atoms with Crippen LogP contribution in [0.15, 0.2) is 53.1 Å². The van der Waals surface area contributed by atoms with E-state index in [9.17, 15) is 14.7 Å². The molecule has 0 saturated carbocycles. The fourth-order valence-electron chi connectivity index (χ4n) is 3.25. The molecule has 0 unspecified atom stereocenters. The summed E-state index contributed by atoms with van der Waals surface area (Å²) in [6.07, 6.45) is 0. The predicted molar refractivity (Wildman–Crippen MR) is 108 cm³/mol. The molecule has 0 spiro atoms. The first kappa shape index (κ1) is 21.0. The number of carbonyl (C=O) groups excluding carboxylic acids is 2. The van der Waals surface area contributed by atoms with Crippen LogP contribution < -0.4 is 4.74 Å². The monoisotopic (exact) mass is 417 g/mol. The maximum absolute atomic E-state index is 13.1. The molecule has 1 aliphatic heterocycles. The summed E-state index contributed by atoms with van der Waals surface area (Å²) in [5.74, 6) is -0.845. The Morgan fingerprint density at radius 2 is 1.97 bits per heavy atom. The van der Waals surface area contributed by atoms with Crippen molar-refractivity contribution < 1.29 is 29.3 Å². The number of aliphatic hydroxyl groups is 2. The van der Waals surface area contributed by atoms with Gasteiger partial charge in [0.2, 0.25) is 5.78 Å². The summed E-state index contributed by atoms with van der Waals surface area (Å²) in [6, 6.07) is 9.79. The lowest BCUT2D eigenvalue weighted by Gasteiger charge is -2.26. The standard InChI is InChI=1S/C21H23NO6S/c1-2-28-15-7-5-14(6-8-15)18-17(19(24)16-4-3-13-29-16)20(25)21(26)22(18)9-11-27-12-10-23/h3-8,13,18,23,25H,2,9-12H2,1H3/t18-/m1/s1. The number of amides is 1. The smallest absolute Gasteiger partial charge is 0.290 e. The highest BCUT2D eigenvalue weighted by molar-refractivity contribution is 7.12. The summed E-state index contributed by atoms with van der Waals surface area (Å²) in [5.41, 5.74) is 0.747. The first-order valence-corrected chi connectivity index (χ1v) is 10.2. The van der Waals surface area contributed by atoms with Gasteiger partial charge in [0.05, 0.1) is 42.9 Å². The van der Waals surface area contributed by atoms with Crippen molar-refractivity contribution in [2.75, 3.05) is 33.0 Å². The second-order valence-corrected chi connectivity index (χ2v) is 7.26. The van der Waals surface area contributed by atoms with Gasteiger partial charge >= 0.3 is 0 Å². The van der Waals surface area contributed by atoms with Gasteiger partial charge in [-0.1, -0.05) is 18.2 Å². The molecule has 1 aromatic carbocycles. The minimum atomic E-state index is -0.731. The maximum Gasteiger partial charge on any atom is 0.290 e. The van der Waals surface area contributed by atoms with E-state index in [2.05, 4.69) is 0 Å². The average molecular weight is 417 g/mol. The van der Waals surface area contributed by atoms with Gasteiger partial charge in [0, 0.05) is 6.54 Å². The lowest BCUT2D eigenvalue weighted by Crippen LogP contribution is -2.34. The number of aliphatic hydroxyl groups excluding tert-OH is 2. The molecular weight excluding hydrogens is 394 g/mol. The van der Waals surface area contributed by atoms with Crippen LogP contribution in [0.5, 0.6) is 5.75 Å². The second kappa shape index (κ2) is 9.69. The summed E-state index contributed by atoms with van der Waals surface area (Å²) < 4.78 is 10.8. The van der Waals surface area contributed by atoms with Crippen LogP contribution in [-0.2, 0) is 9.53 Å². The lowest BCUT2D eigenvalue weighted by molar-refractivity contribution is -0.130. The fraction of sp³-hybridized carbons (Fsp3) is 0.333. The summed E-state index contributed by atoms with van der Waals surface area (Å²) in [5, 5.41) is 21.2. The molecule has 154 valence electrons. The van der Waals surface area contributed by atoms with Crippen LogP contribution in [-0.4, -0.2) is 59.8 Å². The van der Waals surface area contributed by atoms with E-state index in [-0.39, 0.29) is 37.7 Å². The van der Waals surface area contributed by atoms with Crippen molar-refractivity contribution in [3.05, 3.63) is 63.6 Å². The van der Waals surface area contributed by atoms with E-state index in [0.29, 0.717) is 22.8 Å². The molecule has 0 aliphatic carbocycles. The Bertz CT molecular complexity index is 875. The molecule has 1 atom stereocenters. The molecule has 3 rings (SSSR count). The van der Waals surface area contributed by atoms with Crippen LogP contribution in [0.3, 0.4) is 0 Å². The number of ether oxygens (including phenoxy) is 2. The topological polar surface area (TPSA) is 96.3 Å². The number of nitrogens with zero attached hydrogens (tertiary/aromatic N) is 1. The highest BCUT2D eigenvalue weighted by Crippen LogP contribution is 2.39. The number of Topliss-reactive ketones (excluding diaryl/α,β-unsaturated/α-hetero) is 1. The molecule has 29 heavy (non-hydrogen) atoms. The molecule has 1 aromatic heterocycles. The van der Waals surface area contributed by atoms with Crippen molar-refractivity contribution in [3.63, 3.8) is 0 Å². The molecule has 1 aliphatic rings. The van der Waals surface area contributed by atoms with E-state index in [1.54, 1.807) is 41.8 Å². The molecular formula is C21H23NO6S. The Labute approximate surface area is 172 Å². The van der Waals surface area contributed by atoms with E-state index in [1.807, 2.05) is 6.92 Å². The number of hydrogen-bond donors (Lipinski definition) is 2. The van der Waals surface area contributed by atoms with Crippen molar-refractivity contribution in [2.45, 2.75) is 13.0 Å². The fourth-order valence-corrected chi connectivity index (χ4v) is 3.92. The van der Waals surface area contributed by atoms with Gasteiger partial charge in [0.25, 0.3) is 5.91 Å². The van der Waals surface area contributed by atoms with Gasteiger partial charge in [-0.25, -0.2) is 0 Å². The van der Waals surface area contributed by atoms with Gasteiger partial charge in [-0.05, 0) is 36.1 Å². The number of hydrogen-bond acceptors (Lipinski definition) is 7. The molecule has 0 radical (unpaired) electrons. The summed E-state index contributed by atoms with van der Waals surface area (Å²) in [4.78, 5) is 27.7. The van der Waals surface area contributed by atoms with Crippen LogP contribution in [0.1, 0.15) is 28.2 Å². The van der Waals surface area contributed by atoms with Crippen molar-refractivity contribution in [1.29, 1.82) is 0 Å². The van der Waals surface area contributed by atoms with Crippen molar-refractivity contribution in [2.24, 2.45) is 0 Å². The third kappa shape index (κ3) is 4.50. The summed E-state index contributed by atoms with van der Waals surface area (Å²) in [6.45, 7) is 2.78. The SMILES string of the molecule is CCOc1ccc([C@@H]2C(C(=O)c3cccs3)=C(O)C(=O)N2CCOCCO)cc1. The lowest BCUT2D eigenvalue weighted by atomic mass is 9.95. The molecule has 1 amide bonds. The molecule has 0 saturated heterocycles. The van der Waals surface area contributed by atoms with E-state index in [1.165, 1.54) is 16.2 Å². The van der Waals surface area contributed by atoms with Gasteiger partial charge in [-0.15, -0.1) is 11.3 Å². The number of ketones is 1. The van der Waals surface area contributed by atoms with Crippen molar-refractivity contribution in [3.8, 4) is 5.75 Å². The third-order valence-corrected chi connectivity index (χ3v) is 5.38. The number of benzene rings is 1. The Hall–Kier alpha value is -2.68. The maximum atomic E-state index is 13.1. The van der Waals surface area contributed by atoms with E-state index in [4.69, 9.17) is 14.6 Å². The Morgan fingerprint density at radius 3 is 2.59 bits per heavy atom. The van der Waals surface area contributed by atoms with E-state index >= 15 is 0 Å². The quantitative estimate of drug-likeness (QED) is 0.456. The van der Waals surface area contributed by atoms with Gasteiger partial charge < -0.3 is 24.6 Å². The summed E-state index contributed by atoms with van der Waals surface area (Å²) in [7, 11) is 0. The highest BCUT2D eigenvalue weighted by atomic mass is 32.1. The zero-order valence-corrected chi connectivity index (χ0v) is 16.9. The zero-order chi connectivity index (χ0) is 20.8. The van der Waals surface area contributed by atoms with E-state index < -0.39 is 17.7 Å². The zero-order valence-electron chi connectivity index (χ0n) is 16.0. The molecule has 0 fully saturated rings. The minimum Gasteiger partial charge on any atom is -0.503 e. The Balaban J connectivity index is 1.95. The second-order valence-electron chi connectivity index (χ2n) is 6.31. The van der Waals surface area contributed by atoms with Crippen LogP contribution in [0, 0.1) is 0 Å². The largest absolute Gasteiger partial charge is 0.503 e. The molecule has 8 heteroatoms. The minimum absolute atomic E-state index is 0.0590. The summed E-state index contributed by atoms with van der Waals surface area (Å²) >= 11 is 1.26. The van der Waals surface area contributed by atoms with Gasteiger partial charge in [0.15, 0.2) is 5.76 Å². The first-order chi connectivity index (χ1) is 14.1. The van der Waals surface area contributed by atoms with Crippen LogP contribution in [0.4, 0.5) is 0 Å². The Kier molecular flexibility index (Phi) is 7.03. The highest BCUT2D eigenvalue weighted by Gasteiger charge is 2.43. The average Bonchev–Trinajstić information content (AvgIpc) is 3.34. The first-order valence-electron chi connectivity index (χ1n) is 9.32. The van der Waals surface area contributed by atoms with Crippen LogP contribution in [0.25, 0.3) is 0 Å². The predicted octanol–water partition coefficient (Wildman–Crippen LogP) is 2.73. The number of rotatable bonds is 10. The van der Waals surface area contributed by atoms with Crippen LogP contribution >= 0.6 is 11.3 Å². The number of thiophene rings is 1. The van der Waals surface area contributed by atoms with E-state index in [0.717, 1.165) is 0 Å². The third-order valence-electron chi connectivity index (χ3n) is 4.51. The molecule has 2 heterocycles. The van der Waals surface area contributed by atoms with Gasteiger partial charge in [-0.3, -0.25) is 9.59 Å². The Morgan fingerprint density at radius 1 is 1.21 bits per heavy atom. The van der Waals surface area contributed by atoms with Gasteiger partial charge in [-0.2, -0.15) is 0 Å². The normalized spacial score (nSPS) is 16.6. The number of carbonyl (C=O) groups is 2. The molecule has 2 aromatic rings. The molecule has 7 nitrogen and oxygen atoms in total.